The zero-order valence-corrected chi connectivity index (χ0v) is 9.07. The average Bonchev–Trinajstić information content (AvgIpc) is 2.67. The van der Waals surface area contributed by atoms with Gasteiger partial charge >= 0.3 is 0 Å². The molecule has 2 fully saturated rings. The second-order valence-electron chi connectivity index (χ2n) is 3.97. The van der Waals surface area contributed by atoms with Crippen LogP contribution in [-0.2, 0) is 14.3 Å². The Morgan fingerprint density at radius 3 is 2.80 bits per heavy atom. The van der Waals surface area contributed by atoms with Gasteiger partial charge in [0.25, 0.3) is 0 Å². The van der Waals surface area contributed by atoms with Gasteiger partial charge in [0.2, 0.25) is 5.91 Å². The molecule has 2 aliphatic rings. The lowest BCUT2D eigenvalue weighted by atomic mass is 10.0. The Kier molecular flexibility index (Phi) is 3.07. The van der Waals surface area contributed by atoms with Gasteiger partial charge in [0.15, 0.2) is 5.79 Å². The van der Waals surface area contributed by atoms with Crippen LogP contribution in [0.25, 0.3) is 0 Å². The first-order valence-electron chi connectivity index (χ1n) is 5.45. The maximum Gasteiger partial charge on any atom is 0.246 e. The summed E-state index contributed by atoms with van der Waals surface area (Å²) in [6.45, 7) is 4.51. The van der Waals surface area contributed by atoms with Gasteiger partial charge in [-0.2, -0.15) is 0 Å². The molecule has 4 nitrogen and oxygen atoms in total. The minimum Gasteiger partial charge on any atom is -0.346 e. The molecular formula is C11H17NO3. The molecule has 0 aromatic heterocycles. The smallest absolute Gasteiger partial charge is 0.246 e. The summed E-state index contributed by atoms with van der Waals surface area (Å²) in [6.07, 6.45) is 5.20. The van der Waals surface area contributed by atoms with Crippen molar-refractivity contribution in [3.63, 3.8) is 0 Å². The zero-order valence-electron chi connectivity index (χ0n) is 9.07. The zero-order chi connectivity index (χ0) is 10.7. The summed E-state index contributed by atoms with van der Waals surface area (Å²) in [5.74, 6) is -0.453. The van der Waals surface area contributed by atoms with E-state index in [1.54, 1.807) is 17.1 Å². The molecule has 0 radical (unpaired) electrons. The van der Waals surface area contributed by atoms with Crippen molar-refractivity contribution < 1.29 is 14.3 Å². The number of carbonyl (C=O) groups is 1. The minimum absolute atomic E-state index is 0.0516. The number of likely N-dealkylation sites (tertiary alicyclic amines) is 1. The highest BCUT2D eigenvalue weighted by Gasteiger charge is 2.41. The first-order chi connectivity index (χ1) is 7.26. The molecule has 2 heterocycles. The van der Waals surface area contributed by atoms with Gasteiger partial charge in [-0.25, -0.2) is 0 Å². The van der Waals surface area contributed by atoms with Gasteiger partial charge < -0.3 is 14.4 Å². The number of hydrogen-bond donors (Lipinski definition) is 0. The summed E-state index contributed by atoms with van der Waals surface area (Å²) in [4.78, 5) is 13.5. The lowest BCUT2D eigenvalue weighted by molar-refractivity contribution is -0.191. The van der Waals surface area contributed by atoms with Crippen LogP contribution in [0.15, 0.2) is 12.2 Å². The quantitative estimate of drug-likeness (QED) is 0.606. The standard InChI is InChI=1S/C11H17NO3/c1-2-4-10(13)12-6-3-5-11(9-12)14-7-8-15-11/h2,4H,3,5-9H2,1H3/b4-2+. The largest absolute Gasteiger partial charge is 0.346 e. The molecule has 0 bridgehead atoms. The Labute approximate surface area is 89.8 Å². The van der Waals surface area contributed by atoms with E-state index in [1.807, 2.05) is 6.92 Å². The van der Waals surface area contributed by atoms with Crippen molar-refractivity contribution in [3.05, 3.63) is 12.2 Å². The molecule has 0 unspecified atom stereocenters. The summed E-state index contributed by atoms with van der Waals surface area (Å²) in [5.41, 5.74) is 0. The highest BCUT2D eigenvalue weighted by molar-refractivity contribution is 5.87. The van der Waals surface area contributed by atoms with Gasteiger partial charge in [-0.05, 0) is 19.4 Å². The third kappa shape index (κ3) is 2.21. The van der Waals surface area contributed by atoms with Gasteiger partial charge in [-0.1, -0.05) is 6.08 Å². The van der Waals surface area contributed by atoms with E-state index in [0.717, 1.165) is 19.4 Å². The number of ether oxygens (including phenoxy) is 2. The van der Waals surface area contributed by atoms with Gasteiger partial charge in [-0.15, -0.1) is 0 Å². The van der Waals surface area contributed by atoms with Crippen LogP contribution in [0.2, 0.25) is 0 Å². The maximum absolute atomic E-state index is 11.7. The van der Waals surface area contributed by atoms with Crippen LogP contribution in [0.3, 0.4) is 0 Å². The normalized spacial score (nSPS) is 25.3. The van der Waals surface area contributed by atoms with Crippen molar-refractivity contribution in [3.8, 4) is 0 Å². The van der Waals surface area contributed by atoms with Crippen molar-refractivity contribution in [1.29, 1.82) is 0 Å². The highest BCUT2D eigenvalue weighted by atomic mass is 16.7. The fourth-order valence-electron chi connectivity index (χ4n) is 2.16. The van der Waals surface area contributed by atoms with Gasteiger partial charge in [0, 0.05) is 13.0 Å². The van der Waals surface area contributed by atoms with Crippen molar-refractivity contribution in [2.45, 2.75) is 25.6 Å². The molecule has 4 heteroatoms. The average molecular weight is 211 g/mol. The van der Waals surface area contributed by atoms with E-state index >= 15 is 0 Å². The lowest BCUT2D eigenvalue weighted by Crippen LogP contribution is -2.50. The van der Waals surface area contributed by atoms with Crippen molar-refractivity contribution in [2.75, 3.05) is 26.3 Å². The van der Waals surface area contributed by atoms with Crippen molar-refractivity contribution in [2.24, 2.45) is 0 Å². The molecule has 0 aromatic carbocycles. The molecule has 2 aliphatic heterocycles. The topological polar surface area (TPSA) is 38.8 Å². The molecule has 15 heavy (non-hydrogen) atoms. The third-order valence-electron chi connectivity index (χ3n) is 2.85. The molecule has 0 aromatic rings. The molecule has 2 rings (SSSR count). The summed E-state index contributed by atoms with van der Waals surface area (Å²) in [7, 11) is 0. The predicted octanol–water partition coefficient (Wildman–Crippen LogP) is 0.928. The third-order valence-corrected chi connectivity index (χ3v) is 2.85. The first kappa shape index (κ1) is 10.6. The Morgan fingerprint density at radius 2 is 2.13 bits per heavy atom. The van der Waals surface area contributed by atoms with E-state index in [2.05, 4.69) is 0 Å². The van der Waals surface area contributed by atoms with Gasteiger partial charge in [0.1, 0.15) is 0 Å². The number of nitrogens with zero attached hydrogens (tertiary/aromatic N) is 1. The number of carbonyl (C=O) groups excluding carboxylic acids is 1. The molecule has 0 atom stereocenters. The molecular weight excluding hydrogens is 194 g/mol. The fourth-order valence-corrected chi connectivity index (χ4v) is 2.16. The second kappa shape index (κ2) is 4.33. The molecule has 0 saturated carbocycles. The molecule has 2 saturated heterocycles. The maximum atomic E-state index is 11.7. The van der Waals surface area contributed by atoms with E-state index in [4.69, 9.17) is 9.47 Å². The first-order valence-corrected chi connectivity index (χ1v) is 5.45. The minimum atomic E-state index is -0.504. The Morgan fingerprint density at radius 1 is 1.40 bits per heavy atom. The number of piperidine rings is 1. The van der Waals surface area contributed by atoms with Crippen LogP contribution in [0.4, 0.5) is 0 Å². The SMILES string of the molecule is C/C=C/C(=O)N1CCCC2(C1)OCCO2. The van der Waals surface area contributed by atoms with Gasteiger partial charge in [0.05, 0.1) is 19.8 Å². The molecule has 0 aliphatic carbocycles. The summed E-state index contributed by atoms with van der Waals surface area (Å²) < 4.78 is 11.2. The molecule has 84 valence electrons. The van der Waals surface area contributed by atoms with E-state index < -0.39 is 5.79 Å². The van der Waals surface area contributed by atoms with E-state index in [0.29, 0.717) is 19.8 Å². The number of allylic oxidation sites excluding steroid dienone is 1. The van der Waals surface area contributed by atoms with Crippen molar-refractivity contribution in [1.82, 2.24) is 4.90 Å². The number of amides is 1. The van der Waals surface area contributed by atoms with Crippen LogP contribution in [0.1, 0.15) is 19.8 Å². The van der Waals surface area contributed by atoms with Crippen LogP contribution in [0, 0.1) is 0 Å². The van der Waals surface area contributed by atoms with E-state index in [1.165, 1.54) is 0 Å². The highest BCUT2D eigenvalue weighted by Crippen LogP contribution is 2.29. The Hall–Kier alpha value is -0.870. The summed E-state index contributed by atoms with van der Waals surface area (Å²) >= 11 is 0. The fraction of sp³-hybridized carbons (Fsp3) is 0.727. The van der Waals surface area contributed by atoms with Crippen LogP contribution >= 0.6 is 0 Å². The number of rotatable bonds is 1. The van der Waals surface area contributed by atoms with Crippen molar-refractivity contribution >= 4 is 5.91 Å². The second-order valence-corrected chi connectivity index (χ2v) is 3.97. The van der Waals surface area contributed by atoms with Gasteiger partial charge in [-0.3, -0.25) is 4.79 Å². The summed E-state index contributed by atoms with van der Waals surface area (Å²) in [6, 6.07) is 0. The molecule has 1 amide bonds. The van der Waals surface area contributed by atoms with Crippen LogP contribution < -0.4 is 0 Å². The monoisotopic (exact) mass is 211 g/mol. The molecule has 1 spiro atoms. The number of hydrogen-bond acceptors (Lipinski definition) is 3. The van der Waals surface area contributed by atoms with E-state index in [9.17, 15) is 4.79 Å². The van der Waals surface area contributed by atoms with Crippen LogP contribution in [0.5, 0.6) is 0 Å². The Bertz CT molecular complexity index is 269. The predicted molar refractivity (Wildman–Crippen MR) is 55.3 cm³/mol. The molecule has 0 N–H and O–H groups in total. The lowest BCUT2D eigenvalue weighted by Gasteiger charge is -2.38. The Balaban J connectivity index is 2.00. The van der Waals surface area contributed by atoms with Crippen LogP contribution in [-0.4, -0.2) is 42.9 Å². The summed E-state index contributed by atoms with van der Waals surface area (Å²) in [5, 5.41) is 0. The van der Waals surface area contributed by atoms with E-state index in [-0.39, 0.29) is 5.91 Å².